The number of thiophene rings is 1. The van der Waals surface area contributed by atoms with Crippen LogP contribution in [0, 0.1) is 11.7 Å². The van der Waals surface area contributed by atoms with Crippen LogP contribution >= 0.6 is 22.7 Å². The van der Waals surface area contributed by atoms with E-state index in [2.05, 4.69) is 24.1 Å². The molecule has 0 saturated carbocycles. The van der Waals surface area contributed by atoms with E-state index < -0.39 is 11.8 Å². The lowest BCUT2D eigenvalue weighted by Crippen LogP contribution is -2.05. The molecule has 0 fully saturated rings. The summed E-state index contributed by atoms with van der Waals surface area (Å²) < 4.78 is 24.9. The minimum Gasteiger partial charge on any atom is -0.488 e. The number of methoxy groups -OCH3 is 1. The molecule has 1 aromatic carbocycles. The van der Waals surface area contributed by atoms with Gasteiger partial charge in [0.15, 0.2) is 16.7 Å². The Morgan fingerprint density at radius 3 is 2.62 bits per heavy atom. The third-order valence-electron chi connectivity index (χ3n) is 5.54. The first-order valence-corrected chi connectivity index (χ1v) is 14.5. The van der Waals surface area contributed by atoms with Gasteiger partial charge in [0, 0.05) is 34.2 Å². The lowest BCUT2D eigenvalue weighted by Gasteiger charge is -2.09. The molecule has 4 rings (SSSR count). The van der Waals surface area contributed by atoms with E-state index in [0.717, 1.165) is 33.7 Å². The van der Waals surface area contributed by atoms with Gasteiger partial charge in [0.2, 0.25) is 0 Å². The SMILES string of the molecule is CC.COCCOc1cc(-c2nc(Nc3ncc(-c4cccs4)cc3C(=O)O)sc2CCC(C)C)ccc1F. The van der Waals surface area contributed by atoms with Crippen molar-refractivity contribution in [2.75, 3.05) is 25.6 Å². The van der Waals surface area contributed by atoms with Gasteiger partial charge in [0.05, 0.1) is 12.3 Å². The number of carbonyl (C=O) groups is 1. The second-order valence-electron chi connectivity index (χ2n) is 8.74. The zero-order valence-corrected chi connectivity index (χ0v) is 24.4. The van der Waals surface area contributed by atoms with E-state index in [1.54, 1.807) is 31.5 Å². The standard InChI is InChI=1S/C27H28FN3O4S2.C2H6/c1-16(2)6-9-23-24(17-7-8-20(28)21(14-17)35-11-10-34-3)30-27(37-23)31-25-19(26(32)33)13-18(15-29-25)22-5-4-12-36-22;1-2/h4-5,7-8,12-16H,6,9-11H2,1-3H3,(H,32,33)(H,29,30,31);1-2H3. The molecule has 0 bridgehead atoms. The number of aromatic carboxylic acids is 1. The quantitative estimate of drug-likeness (QED) is 0.166. The summed E-state index contributed by atoms with van der Waals surface area (Å²) >= 11 is 2.95. The Labute approximate surface area is 236 Å². The van der Waals surface area contributed by atoms with Crippen molar-refractivity contribution in [1.29, 1.82) is 0 Å². The summed E-state index contributed by atoms with van der Waals surface area (Å²) in [5, 5.41) is 15.4. The number of nitrogens with one attached hydrogen (secondary N) is 1. The molecule has 0 unspecified atom stereocenters. The Hall–Kier alpha value is -3.34. The van der Waals surface area contributed by atoms with Gasteiger partial charge in [-0.2, -0.15) is 0 Å². The molecule has 2 N–H and O–H groups in total. The molecular weight excluding hydrogens is 537 g/mol. The highest BCUT2D eigenvalue weighted by Crippen LogP contribution is 2.37. The molecule has 0 spiro atoms. The normalized spacial score (nSPS) is 10.7. The molecule has 0 saturated heterocycles. The number of hydrogen-bond acceptors (Lipinski definition) is 8. The van der Waals surface area contributed by atoms with Crippen LogP contribution in [0.3, 0.4) is 0 Å². The second kappa shape index (κ2) is 14.7. The van der Waals surface area contributed by atoms with Crippen molar-refractivity contribution in [1.82, 2.24) is 9.97 Å². The van der Waals surface area contributed by atoms with Crippen molar-refractivity contribution in [3.8, 4) is 27.4 Å². The van der Waals surface area contributed by atoms with Gasteiger partial charge in [-0.15, -0.1) is 22.7 Å². The Bertz CT molecular complexity index is 1360. The summed E-state index contributed by atoms with van der Waals surface area (Å²) in [5.74, 6) is -0.713. The van der Waals surface area contributed by atoms with Gasteiger partial charge in [-0.3, -0.25) is 0 Å². The molecule has 0 atom stereocenters. The van der Waals surface area contributed by atoms with Crippen molar-refractivity contribution in [2.24, 2.45) is 5.92 Å². The number of benzene rings is 1. The molecular formula is C29H34FN3O4S2. The highest BCUT2D eigenvalue weighted by molar-refractivity contribution is 7.16. The smallest absolute Gasteiger partial charge is 0.339 e. The lowest BCUT2D eigenvalue weighted by molar-refractivity contribution is 0.0697. The van der Waals surface area contributed by atoms with Gasteiger partial charge in [0.1, 0.15) is 18.0 Å². The topological polar surface area (TPSA) is 93.6 Å². The van der Waals surface area contributed by atoms with Crippen LogP contribution in [0.5, 0.6) is 5.75 Å². The number of carboxylic acids is 1. The zero-order valence-electron chi connectivity index (χ0n) is 22.8. The third kappa shape index (κ3) is 8.08. The predicted octanol–water partition coefficient (Wildman–Crippen LogP) is 8.15. The monoisotopic (exact) mass is 571 g/mol. The molecule has 0 aliphatic carbocycles. The lowest BCUT2D eigenvalue weighted by atomic mass is 10.0. The molecule has 4 aromatic rings. The van der Waals surface area contributed by atoms with Crippen LogP contribution in [0.1, 0.15) is 49.4 Å². The fourth-order valence-electron chi connectivity index (χ4n) is 3.62. The molecule has 3 heterocycles. The third-order valence-corrected chi connectivity index (χ3v) is 7.49. The Kier molecular flexibility index (Phi) is 11.4. The molecule has 0 amide bonds. The Morgan fingerprint density at radius 2 is 1.95 bits per heavy atom. The molecule has 7 nitrogen and oxygen atoms in total. The number of carboxylic acid groups (broad SMARTS) is 1. The first-order chi connectivity index (χ1) is 18.9. The number of aryl methyl sites for hydroxylation is 1. The molecule has 39 heavy (non-hydrogen) atoms. The second-order valence-corrected chi connectivity index (χ2v) is 10.8. The number of rotatable bonds is 12. The predicted molar refractivity (Wildman–Crippen MR) is 157 cm³/mol. The maximum atomic E-state index is 14.4. The fraction of sp³-hybridized carbons (Fsp3) is 0.345. The summed E-state index contributed by atoms with van der Waals surface area (Å²) in [6, 6.07) is 10.1. The van der Waals surface area contributed by atoms with Crippen LogP contribution in [0.4, 0.5) is 15.3 Å². The average molecular weight is 572 g/mol. The molecule has 208 valence electrons. The van der Waals surface area contributed by atoms with Crippen LogP contribution in [-0.4, -0.2) is 41.4 Å². The van der Waals surface area contributed by atoms with Crippen LogP contribution in [0.25, 0.3) is 21.7 Å². The van der Waals surface area contributed by atoms with Crippen molar-refractivity contribution in [2.45, 2.75) is 40.5 Å². The Morgan fingerprint density at radius 1 is 1.15 bits per heavy atom. The summed E-state index contributed by atoms with van der Waals surface area (Å²) in [5.41, 5.74) is 2.22. The molecule has 0 radical (unpaired) electrons. The van der Waals surface area contributed by atoms with E-state index >= 15 is 0 Å². The molecule has 0 aliphatic rings. The number of hydrogen-bond donors (Lipinski definition) is 2. The summed E-state index contributed by atoms with van der Waals surface area (Å²) in [4.78, 5) is 23.2. The van der Waals surface area contributed by atoms with E-state index in [-0.39, 0.29) is 23.7 Å². The molecule has 10 heteroatoms. The van der Waals surface area contributed by atoms with Crippen molar-refractivity contribution in [3.05, 3.63) is 64.2 Å². The number of ether oxygens (including phenoxy) is 2. The van der Waals surface area contributed by atoms with Gasteiger partial charge >= 0.3 is 5.97 Å². The average Bonchev–Trinajstić information content (AvgIpc) is 3.61. The van der Waals surface area contributed by atoms with Gasteiger partial charge in [-0.05, 0) is 54.5 Å². The maximum Gasteiger partial charge on any atom is 0.339 e. The zero-order chi connectivity index (χ0) is 28.4. The van der Waals surface area contributed by atoms with Crippen molar-refractivity contribution >= 4 is 39.6 Å². The van der Waals surface area contributed by atoms with Gasteiger partial charge in [0.25, 0.3) is 0 Å². The first kappa shape index (κ1) is 30.2. The van der Waals surface area contributed by atoms with Crippen LogP contribution in [-0.2, 0) is 11.2 Å². The van der Waals surface area contributed by atoms with E-state index in [1.165, 1.54) is 28.7 Å². The van der Waals surface area contributed by atoms with Crippen LogP contribution in [0.2, 0.25) is 0 Å². The van der Waals surface area contributed by atoms with Gasteiger partial charge in [-0.25, -0.2) is 19.2 Å². The van der Waals surface area contributed by atoms with E-state index in [4.69, 9.17) is 14.5 Å². The van der Waals surface area contributed by atoms with Crippen molar-refractivity contribution in [3.63, 3.8) is 0 Å². The maximum absolute atomic E-state index is 14.4. The van der Waals surface area contributed by atoms with Crippen LogP contribution < -0.4 is 10.1 Å². The summed E-state index contributed by atoms with van der Waals surface area (Å²) in [7, 11) is 1.56. The fourth-order valence-corrected chi connectivity index (χ4v) is 5.33. The highest BCUT2D eigenvalue weighted by atomic mass is 32.1. The minimum absolute atomic E-state index is 0.0574. The van der Waals surface area contributed by atoms with E-state index in [9.17, 15) is 14.3 Å². The Balaban J connectivity index is 0.00000205. The highest BCUT2D eigenvalue weighted by Gasteiger charge is 2.19. The van der Waals surface area contributed by atoms with Crippen LogP contribution in [0.15, 0.2) is 48.0 Å². The number of nitrogens with zero attached hydrogens (tertiary/aromatic N) is 2. The minimum atomic E-state index is -1.08. The number of anilines is 2. The first-order valence-electron chi connectivity index (χ1n) is 12.8. The summed E-state index contributed by atoms with van der Waals surface area (Å²) in [6.07, 6.45) is 3.37. The summed E-state index contributed by atoms with van der Waals surface area (Å²) in [6.45, 7) is 8.87. The number of halogens is 1. The molecule has 3 aromatic heterocycles. The number of thiazole rings is 1. The van der Waals surface area contributed by atoms with Gasteiger partial charge < -0.3 is 19.9 Å². The van der Waals surface area contributed by atoms with E-state index in [0.29, 0.717) is 23.4 Å². The molecule has 0 aliphatic heterocycles. The van der Waals surface area contributed by atoms with Crippen molar-refractivity contribution < 1.29 is 23.8 Å². The number of aromatic nitrogens is 2. The van der Waals surface area contributed by atoms with E-state index in [1.807, 2.05) is 31.4 Å². The number of pyridine rings is 1. The largest absolute Gasteiger partial charge is 0.488 e. The van der Waals surface area contributed by atoms with Gasteiger partial charge in [-0.1, -0.05) is 33.8 Å².